The molecule has 0 fully saturated rings. The van der Waals surface area contributed by atoms with Crippen molar-refractivity contribution in [1.82, 2.24) is 0 Å². The average molecular weight is 282 g/mol. The minimum Gasteiger partial charge on any atom is -0.322 e. The van der Waals surface area contributed by atoms with Crippen molar-refractivity contribution < 1.29 is 9.72 Å². The van der Waals surface area contributed by atoms with Crippen molar-refractivity contribution in [1.29, 1.82) is 0 Å². The molecule has 0 spiro atoms. The molecule has 0 aliphatic heterocycles. The van der Waals surface area contributed by atoms with Gasteiger partial charge in [0.1, 0.15) is 0 Å². The molecule has 2 aromatic rings. The lowest BCUT2D eigenvalue weighted by molar-refractivity contribution is -0.384. The summed E-state index contributed by atoms with van der Waals surface area (Å²) in [5, 5.41) is 13.3. The van der Waals surface area contributed by atoms with Gasteiger partial charge in [0.2, 0.25) is 0 Å². The van der Waals surface area contributed by atoms with Crippen LogP contribution in [0.2, 0.25) is 0 Å². The summed E-state index contributed by atoms with van der Waals surface area (Å²) < 4.78 is 0. The summed E-state index contributed by atoms with van der Waals surface area (Å²) in [7, 11) is 0. The van der Waals surface area contributed by atoms with E-state index in [2.05, 4.69) is 11.9 Å². The smallest absolute Gasteiger partial charge is 0.269 e. The molecular weight excluding hydrogens is 268 g/mol. The molecule has 1 amide bonds. The highest BCUT2D eigenvalue weighted by atomic mass is 16.6. The van der Waals surface area contributed by atoms with Crippen molar-refractivity contribution in [3.05, 3.63) is 82.4 Å². The number of rotatable bonds is 5. The molecule has 21 heavy (non-hydrogen) atoms. The number of allylic oxidation sites excluding steroid dienone is 1. The van der Waals surface area contributed by atoms with Gasteiger partial charge < -0.3 is 5.32 Å². The molecule has 0 saturated carbocycles. The maximum absolute atomic E-state index is 12.0. The van der Waals surface area contributed by atoms with Crippen molar-refractivity contribution in [3.63, 3.8) is 0 Å². The molecule has 0 bridgehead atoms. The second kappa shape index (κ2) is 6.47. The predicted octanol–water partition coefficient (Wildman–Crippen LogP) is 3.58. The number of anilines is 1. The van der Waals surface area contributed by atoms with E-state index in [1.807, 2.05) is 30.3 Å². The molecule has 2 aromatic carbocycles. The van der Waals surface area contributed by atoms with Crippen LogP contribution in [0.3, 0.4) is 0 Å². The third-order valence-electron chi connectivity index (χ3n) is 2.93. The van der Waals surface area contributed by atoms with E-state index < -0.39 is 4.92 Å². The van der Waals surface area contributed by atoms with Gasteiger partial charge in [-0.3, -0.25) is 14.9 Å². The number of nitro groups is 1. The molecule has 5 heteroatoms. The van der Waals surface area contributed by atoms with Gasteiger partial charge in [0.05, 0.1) is 4.92 Å². The summed E-state index contributed by atoms with van der Waals surface area (Å²) in [5.41, 5.74) is 2.11. The number of hydrogen-bond donors (Lipinski definition) is 1. The third-order valence-corrected chi connectivity index (χ3v) is 2.93. The molecule has 106 valence electrons. The fraction of sp³-hybridized carbons (Fsp3) is 0.0625. The van der Waals surface area contributed by atoms with Gasteiger partial charge in [-0.25, -0.2) is 0 Å². The third kappa shape index (κ3) is 3.76. The molecule has 0 saturated heterocycles. The number of carbonyl (C=O) groups is 1. The molecule has 1 N–H and O–H groups in total. The summed E-state index contributed by atoms with van der Waals surface area (Å²) in [4.78, 5) is 22.1. The van der Waals surface area contributed by atoms with Gasteiger partial charge in [0.25, 0.3) is 11.6 Å². The Morgan fingerprint density at radius 1 is 1.14 bits per heavy atom. The van der Waals surface area contributed by atoms with Crippen molar-refractivity contribution in [2.75, 3.05) is 5.32 Å². The van der Waals surface area contributed by atoms with Gasteiger partial charge in [-0.1, -0.05) is 18.2 Å². The summed E-state index contributed by atoms with van der Waals surface area (Å²) in [5.74, 6) is -0.304. The van der Waals surface area contributed by atoms with Gasteiger partial charge >= 0.3 is 0 Å². The van der Waals surface area contributed by atoms with Crippen LogP contribution in [-0.4, -0.2) is 10.8 Å². The Hall–Kier alpha value is -2.95. The first-order valence-corrected chi connectivity index (χ1v) is 6.36. The Morgan fingerprint density at radius 3 is 2.29 bits per heavy atom. The number of hydrogen-bond acceptors (Lipinski definition) is 3. The number of carbonyl (C=O) groups excluding carboxylic acids is 1. The lowest BCUT2D eigenvalue weighted by Crippen LogP contribution is -2.11. The van der Waals surface area contributed by atoms with Crippen LogP contribution in [0.15, 0.2) is 61.2 Å². The van der Waals surface area contributed by atoms with Crippen molar-refractivity contribution >= 4 is 17.3 Å². The van der Waals surface area contributed by atoms with Crippen molar-refractivity contribution in [2.45, 2.75) is 6.42 Å². The maximum Gasteiger partial charge on any atom is 0.269 e. The Bertz CT molecular complexity index is 661. The lowest BCUT2D eigenvalue weighted by atomic mass is 10.1. The van der Waals surface area contributed by atoms with Gasteiger partial charge in [-0.2, -0.15) is 0 Å². The summed E-state index contributed by atoms with van der Waals surface area (Å²) in [6, 6.07) is 12.9. The molecule has 0 radical (unpaired) electrons. The fourth-order valence-electron chi connectivity index (χ4n) is 1.83. The highest BCUT2D eigenvalue weighted by Crippen LogP contribution is 2.15. The molecule has 0 atom stereocenters. The number of amides is 1. The molecular formula is C16H14N2O3. The van der Waals surface area contributed by atoms with Crippen molar-refractivity contribution in [2.24, 2.45) is 0 Å². The normalized spacial score (nSPS) is 9.90. The first-order valence-electron chi connectivity index (χ1n) is 6.36. The summed E-state index contributed by atoms with van der Waals surface area (Å²) in [6.45, 7) is 3.67. The summed E-state index contributed by atoms with van der Waals surface area (Å²) in [6.07, 6.45) is 2.58. The van der Waals surface area contributed by atoms with Crippen LogP contribution in [0.1, 0.15) is 15.9 Å². The molecule has 0 aromatic heterocycles. The van der Waals surface area contributed by atoms with E-state index in [9.17, 15) is 14.9 Å². The largest absolute Gasteiger partial charge is 0.322 e. The Morgan fingerprint density at radius 2 is 1.76 bits per heavy atom. The summed E-state index contributed by atoms with van der Waals surface area (Å²) >= 11 is 0. The van der Waals surface area contributed by atoms with Crippen LogP contribution in [0, 0.1) is 10.1 Å². The molecule has 0 aliphatic rings. The number of nitrogens with one attached hydrogen (secondary N) is 1. The number of benzene rings is 2. The van der Waals surface area contributed by atoms with Crippen LogP contribution < -0.4 is 5.32 Å². The van der Waals surface area contributed by atoms with Crippen LogP contribution in [0.25, 0.3) is 0 Å². The minimum atomic E-state index is -0.500. The van der Waals surface area contributed by atoms with Crippen LogP contribution in [0.5, 0.6) is 0 Å². The monoisotopic (exact) mass is 282 g/mol. The highest BCUT2D eigenvalue weighted by Gasteiger charge is 2.09. The Balaban J connectivity index is 2.06. The molecule has 2 rings (SSSR count). The number of non-ortho nitro benzene ring substituents is 1. The zero-order chi connectivity index (χ0) is 15.2. The second-order valence-electron chi connectivity index (χ2n) is 4.45. The molecule has 0 aliphatic carbocycles. The topological polar surface area (TPSA) is 72.2 Å². The highest BCUT2D eigenvalue weighted by molar-refractivity contribution is 6.04. The lowest BCUT2D eigenvalue weighted by Gasteiger charge is -2.06. The molecule has 0 unspecified atom stereocenters. The SMILES string of the molecule is C=CCc1ccc(NC(=O)c2ccc([N+](=O)[O-])cc2)cc1. The number of nitro benzene ring substituents is 1. The van der Waals surface area contributed by atoms with Gasteiger partial charge in [-0.05, 0) is 36.2 Å². The van der Waals surface area contributed by atoms with E-state index in [0.29, 0.717) is 11.3 Å². The van der Waals surface area contributed by atoms with Crippen LogP contribution in [0.4, 0.5) is 11.4 Å². The first-order chi connectivity index (χ1) is 10.1. The van der Waals surface area contributed by atoms with E-state index in [1.54, 1.807) is 0 Å². The van der Waals surface area contributed by atoms with E-state index in [-0.39, 0.29) is 11.6 Å². The molecule has 0 heterocycles. The first kappa shape index (κ1) is 14.5. The van der Waals surface area contributed by atoms with Gasteiger partial charge in [0, 0.05) is 23.4 Å². The fourth-order valence-corrected chi connectivity index (χ4v) is 1.83. The zero-order valence-electron chi connectivity index (χ0n) is 11.3. The quantitative estimate of drug-likeness (QED) is 0.517. The Kier molecular flexibility index (Phi) is 4.46. The Labute approximate surface area is 122 Å². The van der Waals surface area contributed by atoms with Gasteiger partial charge in [-0.15, -0.1) is 6.58 Å². The minimum absolute atomic E-state index is 0.0414. The van der Waals surface area contributed by atoms with E-state index in [4.69, 9.17) is 0 Å². The standard InChI is InChI=1S/C16H14N2O3/c1-2-3-12-4-8-14(9-5-12)17-16(19)13-6-10-15(11-7-13)18(20)21/h2,4-11H,1,3H2,(H,17,19). The second-order valence-corrected chi connectivity index (χ2v) is 4.45. The van der Waals surface area contributed by atoms with Crippen LogP contribution in [-0.2, 0) is 6.42 Å². The van der Waals surface area contributed by atoms with Crippen LogP contribution >= 0.6 is 0 Å². The number of nitrogens with zero attached hydrogens (tertiary/aromatic N) is 1. The molecule has 5 nitrogen and oxygen atoms in total. The predicted molar refractivity (Wildman–Crippen MR) is 81.4 cm³/mol. The van der Waals surface area contributed by atoms with E-state index >= 15 is 0 Å². The van der Waals surface area contributed by atoms with Gasteiger partial charge in [0.15, 0.2) is 0 Å². The van der Waals surface area contributed by atoms with E-state index in [0.717, 1.165) is 12.0 Å². The maximum atomic E-state index is 12.0. The van der Waals surface area contributed by atoms with Crippen molar-refractivity contribution in [3.8, 4) is 0 Å². The van der Waals surface area contributed by atoms with E-state index in [1.165, 1.54) is 24.3 Å². The average Bonchev–Trinajstić information content (AvgIpc) is 2.49. The zero-order valence-corrected chi connectivity index (χ0v) is 11.3.